The quantitative estimate of drug-likeness (QED) is 0.407. The van der Waals surface area contributed by atoms with Crippen molar-refractivity contribution in [2.75, 3.05) is 21.3 Å². The summed E-state index contributed by atoms with van der Waals surface area (Å²) in [6, 6.07) is 14.0. The zero-order chi connectivity index (χ0) is 23.5. The Labute approximate surface area is 188 Å². The van der Waals surface area contributed by atoms with Gasteiger partial charge in [0.25, 0.3) is 5.56 Å². The van der Waals surface area contributed by atoms with Crippen LogP contribution in [0.15, 0.2) is 53.3 Å². The van der Waals surface area contributed by atoms with E-state index in [9.17, 15) is 19.2 Å². The molecule has 3 amide bonds. The number of nitrogens with zero attached hydrogens (tertiary/aromatic N) is 1. The Balaban J connectivity index is 1.56. The lowest BCUT2D eigenvalue weighted by Crippen LogP contribution is -2.36. The maximum absolute atomic E-state index is 12.9. The number of aromatic nitrogens is 2. The maximum atomic E-state index is 12.9. The summed E-state index contributed by atoms with van der Waals surface area (Å²) in [5, 5.41) is 10.9. The van der Waals surface area contributed by atoms with Crippen molar-refractivity contribution in [2.24, 2.45) is 0 Å². The van der Waals surface area contributed by atoms with E-state index in [1.807, 2.05) is 31.2 Å². The summed E-state index contributed by atoms with van der Waals surface area (Å²) in [5.74, 6) is -1.94. The van der Waals surface area contributed by atoms with Gasteiger partial charge >= 0.3 is 0 Å². The molecular formula is C23H22N6O4. The van der Waals surface area contributed by atoms with Crippen LogP contribution in [0.1, 0.15) is 30.4 Å². The van der Waals surface area contributed by atoms with Gasteiger partial charge in [0.2, 0.25) is 23.7 Å². The van der Waals surface area contributed by atoms with Crippen LogP contribution in [0.2, 0.25) is 0 Å². The van der Waals surface area contributed by atoms with Crippen molar-refractivity contribution in [3.8, 4) is 0 Å². The number of amides is 3. The van der Waals surface area contributed by atoms with Crippen LogP contribution in [-0.4, -0.2) is 27.7 Å². The topological polar surface area (TPSA) is 145 Å². The summed E-state index contributed by atoms with van der Waals surface area (Å²) >= 11 is 0. The third-order valence-corrected chi connectivity index (χ3v) is 5.05. The Morgan fingerprint density at radius 3 is 2.18 bits per heavy atom. The summed E-state index contributed by atoms with van der Waals surface area (Å²) in [6.45, 7) is 3.36. The highest BCUT2D eigenvalue weighted by Crippen LogP contribution is 2.30. The van der Waals surface area contributed by atoms with Crippen LogP contribution < -0.4 is 26.8 Å². The van der Waals surface area contributed by atoms with Gasteiger partial charge in [0.05, 0.1) is 11.5 Å². The van der Waals surface area contributed by atoms with Crippen LogP contribution in [-0.2, 0) is 14.4 Å². The van der Waals surface area contributed by atoms with Gasteiger partial charge in [-0.2, -0.15) is 4.98 Å². The second kappa shape index (κ2) is 8.95. The molecule has 0 aliphatic carbocycles. The number of aromatic amines is 1. The number of anilines is 5. The van der Waals surface area contributed by atoms with E-state index in [0.29, 0.717) is 17.1 Å². The number of fused-ring (bicyclic) bond motifs is 1. The van der Waals surface area contributed by atoms with Gasteiger partial charge in [-0.3, -0.25) is 24.2 Å². The number of hydrogen-bond donors (Lipinski definition) is 5. The van der Waals surface area contributed by atoms with Crippen LogP contribution in [0.4, 0.5) is 28.8 Å². The zero-order valence-electron chi connectivity index (χ0n) is 18.0. The molecule has 2 heterocycles. The van der Waals surface area contributed by atoms with Crippen LogP contribution in [0, 0.1) is 6.92 Å². The van der Waals surface area contributed by atoms with E-state index >= 15 is 0 Å². The molecule has 0 spiro atoms. The fourth-order valence-electron chi connectivity index (χ4n) is 3.50. The fourth-order valence-corrected chi connectivity index (χ4v) is 3.50. The summed E-state index contributed by atoms with van der Waals surface area (Å²) in [6.07, 6.45) is -0.182. The van der Waals surface area contributed by atoms with E-state index in [2.05, 4.69) is 31.2 Å². The Morgan fingerprint density at radius 2 is 1.55 bits per heavy atom. The van der Waals surface area contributed by atoms with Gasteiger partial charge in [-0.25, -0.2) is 0 Å². The monoisotopic (exact) mass is 446 g/mol. The van der Waals surface area contributed by atoms with Crippen LogP contribution in [0.3, 0.4) is 0 Å². The second-order valence-electron chi connectivity index (χ2n) is 7.72. The average molecular weight is 446 g/mol. The molecule has 1 aliphatic rings. The molecule has 0 fully saturated rings. The van der Waals surface area contributed by atoms with Crippen molar-refractivity contribution in [3.05, 3.63) is 70.0 Å². The van der Waals surface area contributed by atoms with Gasteiger partial charge in [0.1, 0.15) is 5.82 Å². The lowest BCUT2D eigenvalue weighted by atomic mass is 9.92. The standard InChI is InChI=1S/C23H22N6O4/c1-12-3-5-16(6-4-12)26-23-28-20-19(22(33)29-23)17(11-18(31)27-20)21(32)25-15-9-7-14(8-10-15)24-13(2)30/h3-10,17H,11H2,1-2H3,(H,24,30)(H,25,32)(H3,26,27,28,29,31,33)/t17-/m1/s1. The molecule has 1 aromatic heterocycles. The molecule has 0 saturated heterocycles. The number of carbonyl (C=O) groups is 3. The zero-order valence-corrected chi connectivity index (χ0v) is 18.0. The first-order chi connectivity index (χ1) is 15.8. The van der Waals surface area contributed by atoms with E-state index in [1.165, 1.54) is 6.92 Å². The molecule has 5 N–H and O–H groups in total. The Morgan fingerprint density at radius 1 is 0.939 bits per heavy atom. The SMILES string of the molecule is CC(=O)Nc1ccc(NC(=O)[C@@H]2CC(=O)Nc3nc(Nc4ccc(C)cc4)[nH]c(=O)c32)cc1. The minimum atomic E-state index is -1.01. The number of aryl methyl sites for hydroxylation is 1. The Bertz CT molecular complexity index is 1280. The minimum Gasteiger partial charge on any atom is -0.326 e. The first-order valence-corrected chi connectivity index (χ1v) is 10.2. The van der Waals surface area contributed by atoms with Crippen LogP contribution >= 0.6 is 0 Å². The first-order valence-electron chi connectivity index (χ1n) is 10.2. The van der Waals surface area contributed by atoms with Crippen LogP contribution in [0.5, 0.6) is 0 Å². The predicted molar refractivity (Wildman–Crippen MR) is 125 cm³/mol. The summed E-state index contributed by atoms with van der Waals surface area (Å²) in [4.78, 5) is 56.1. The summed E-state index contributed by atoms with van der Waals surface area (Å²) in [5.41, 5.74) is 2.41. The molecule has 1 atom stereocenters. The number of benzene rings is 2. The van der Waals surface area contributed by atoms with E-state index in [-0.39, 0.29) is 29.7 Å². The van der Waals surface area contributed by atoms with Crippen molar-refractivity contribution < 1.29 is 14.4 Å². The van der Waals surface area contributed by atoms with Crippen LogP contribution in [0.25, 0.3) is 0 Å². The molecule has 0 unspecified atom stereocenters. The van der Waals surface area contributed by atoms with E-state index in [4.69, 9.17) is 0 Å². The number of carbonyl (C=O) groups excluding carboxylic acids is 3. The molecule has 4 rings (SSSR count). The average Bonchev–Trinajstić information content (AvgIpc) is 2.75. The van der Waals surface area contributed by atoms with Crippen molar-refractivity contribution in [2.45, 2.75) is 26.2 Å². The summed E-state index contributed by atoms with van der Waals surface area (Å²) in [7, 11) is 0. The first kappa shape index (κ1) is 21.8. The van der Waals surface area contributed by atoms with Crippen molar-refractivity contribution in [1.82, 2.24) is 9.97 Å². The Hall–Kier alpha value is -4.47. The molecule has 0 bridgehead atoms. The highest BCUT2D eigenvalue weighted by atomic mass is 16.2. The molecule has 10 nitrogen and oxygen atoms in total. The van der Waals surface area contributed by atoms with Crippen molar-refractivity contribution >= 4 is 46.5 Å². The van der Waals surface area contributed by atoms with E-state index in [0.717, 1.165) is 5.56 Å². The third kappa shape index (κ3) is 5.06. The fraction of sp³-hybridized carbons (Fsp3) is 0.174. The molecule has 10 heteroatoms. The predicted octanol–water partition coefficient (Wildman–Crippen LogP) is 2.84. The Kier molecular flexibility index (Phi) is 5.90. The highest BCUT2D eigenvalue weighted by Gasteiger charge is 2.34. The number of rotatable bonds is 5. The summed E-state index contributed by atoms with van der Waals surface area (Å²) < 4.78 is 0. The number of nitrogens with one attached hydrogen (secondary N) is 5. The van der Waals surface area contributed by atoms with Gasteiger partial charge in [-0.05, 0) is 43.3 Å². The van der Waals surface area contributed by atoms with Gasteiger partial charge in [-0.1, -0.05) is 17.7 Å². The van der Waals surface area contributed by atoms with E-state index < -0.39 is 23.3 Å². The molecule has 1 aliphatic heterocycles. The second-order valence-corrected chi connectivity index (χ2v) is 7.72. The third-order valence-electron chi connectivity index (χ3n) is 5.05. The molecule has 168 valence electrons. The molecule has 33 heavy (non-hydrogen) atoms. The normalized spacial score (nSPS) is 14.6. The molecule has 0 radical (unpaired) electrons. The minimum absolute atomic E-state index is 0.0470. The van der Waals surface area contributed by atoms with Crippen molar-refractivity contribution in [3.63, 3.8) is 0 Å². The smallest absolute Gasteiger partial charge is 0.258 e. The lowest BCUT2D eigenvalue weighted by molar-refractivity contribution is -0.123. The number of hydrogen-bond acceptors (Lipinski definition) is 6. The largest absolute Gasteiger partial charge is 0.326 e. The number of H-pyrrole nitrogens is 1. The highest BCUT2D eigenvalue weighted by molar-refractivity contribution is 6.04. The van der Waals surface area contributed by atoms with Crippen molar-refractivity contribution in [1.29, 1.82) is 0 Å². The van der Waals surface area contributed by atoms with Gasteiger partial charge in [0.15, 0.2) is 0 Å². The molecule has 2 aromatic carbocycles. The lowest BCUT2D eigenvalue weighted by Gasteiger charge is -2.23. The van der Waals surface area contributed by atoms with Gasteiger partial charge in [0, 0.05) is 30.4 Å². The molecular weight excluding hydrogens is 424 g/mol. The molecule has 3 aromatic rings. The maximum Gasteiger partial charge on any atom is 0.258 e. The van der Waals surface area contributed by atoms with Gasteiger partial charge < -0.3 is 21.3 Å². The van der Waals surface area contributed by atoms with E-state index in [1.54, 1.807) is 24.3 Å². The van der Waals surface area contributed by atoms with Gasteiger partial charge in [-0.15, -0.1) is 0 Å². The molecule has 0 saturated carbocycles.